The zero-order valence-electron chi connectivity index (χ0n) is 12.1. The van der Waals surface area contributed by atoms with E-state index in [0.717, 1.165) is 42.8 Å². The Morgan fingerprint density at radius 2 is 2.16 bits per heavy atom. The smallest absolute Gasteiger partial charge is 0.194 e. The molecule has 1 saturated heterocycles. The van der Waals surface area contributed by atoms with Crippen molar-refractivity contribution in [2.45, 2.75) is 46.6 Å². The Morgan fingerprint density at radius 1 is 1.47 bits per heavy atom. The molecule has 0 aromatic carbocycles. The first kappa shape index (κ1) is 13.9. The van der Waals surface area contributed by atoms with Gasteiger partial charge in [-0.3, -0.25) is 0 Å². The van der Waals surface area contributed by atoms with Gasteiger partial charge in [-0.05, 0) is 25.7 Å². The predicted octanol–water partition coefficient (Wildman–Crippen LogP) is 2.09. The lowest BCUT2D eigenvalue weighted by Crippen LogP contribution is -2.42. The molecule has 1 aliphatic heterocycles. The molecule has 2 rings (SSSR count). The van der Waals surface area contributed by atoms with Gasteiger partial charge in [0.1, 0.15) is 12.3 Å². The van der Waals surface area contributed by atoms with E-state index in [1.54, 1.807) is 0 Å². The van der Waals surface area contributed by atoms with Crippen molar-refractivity contribution in [3.63, 3.8) is 0 Å². The van der Waals surface area contributed by atoms with E-state index in [1.165, 1.54) is 12.8 Å². The Morgan fingerprint density at radius 3 is 2.74 bits per heavy atom. The van der Waals surface area contributed by atoms with Crippen molar-refractivity contribution < 1.29 is 4.42 Å². The maximum absolute atomic E-state index is 6.04. The molecule has 0 bridgehead atoms. The van der Waals surface area contributed by atoms with E-state index in [-0.39, 0.29) is 0 Å². The van der Waals surface area contributed by atoms with Crippen molar-refractivity contribution in [2.24, 2.45) is 16.6 Å². The molecule has 1 aromatic rings. The summed E-state index contributed by atoms with van der Waals surface area (Å²) in [5.41, 5.74) is 6.96. The molecule has 0 spiro atoms. The highest BCUT2D eigenvalue weighted by atomic mass is 16.4. The topological polar surface area (TPSA) is 67.7 Å². The maximum atomic E-state index is 6.04. The van der Waals surface area contributed by atoms with Crippen LogP contribution in [0.15, 0.2) is 9.41 Å². The number of aromatic nitrogens is 1. The van der Waals surface area contributed by atoms with Gasteiger partial charge in [-0.1, -0.05) is 13.8 Å². The van der Waals surface area contributed by atoms with Crippen LogP contribution in [0.4, 0.5) is 0 Å². The summed E-state index contributed by atoms with van der Waals surface area (Å²) in [6, 6.07) is 0. The first-order valence-electron chi connectivity index (χ1n) is 7.10. The Kier molecular flexibility index (Phi) is 4.45. The van der Waals surface area contributed by atoms with Crippen LogP contribution in [0.1, 0.15) is 44.0 Å². The van der Waals surface area contributed by atoms with Gasteiger partial charge in [-0.2, -0.15) is 0 Å². The van der Waals surface area contributed by atoms with Crippen molar-refractivity contribution >= 4 is 5.96 Å². The molecule has 5 heteroatoms. The molecule has 106 valence electrons. The third kappa shape index (κ3) is 3.49. The second-order valence-electron chi connectivity index (χ2n) is 5.31. The number of aliphatic imine (C=N–C) groups is 1. The maximum Gasteiger partial charge on any atom is 0.194 e. The molecule has 1 fully saturated rings. The van der Waals surface area contributed by atoms with Gasteiger partial charge in [-0.25, -0.2) is 9.98 Å². The lowest BCUT2D eigenvalue weighted by atomic mass is 10.00. The zero-order chi connectivity index (χ0) is 13.8. The molecule has 0 atom stereocenters. The highest BCUT2D eigenvalue weighted by Crippen LogP contribution is 2.16. The van der Waals surface area contributed by atoms with Gasteiger partial charge < -0.3 is 15.1 Å². The standard InChI is InChI=1S/C14H24N4O/c1-4-13-17-11(3)12(19-13)9-16-14(15)18-7-5-10(2)6-8-18/h10H,4-9H2,1-3H3,(H2,15,16). The molecule has 5 nitrogen and oxygen atoms in total. The molecular formula is C14H24N4O. The van der Waals surface area contributed by atoms with Gasteiger partial charge in [0.2, 0.25) is 0 Å². The van der Waals surface area contributed by atoms with Crippen molar-refractivity contribution in [2.75, 3.05) is 13.1 Å². The fourth-order valence-electron chi connectivity index (χ4n) is 2.28. The molecule has 0 radical (unpaired) electrons. The van der Waals surface area contributed by atoms with Gasteiger partial charge in [0.05, 0.1) is 5.69 Å². The van der Waals surface area contributed by atoms with E-state index >= 15 is 0 Å². The van der Waals surface area contributed by atoms with Crippen LogP contribution in [0.25, 0.3) is 0 Å². The van der Waals surface area contributed by atoms with Crippen LogP contribution in [0.3, 0.4) is 0 Å². The average Bonchev–Trinajstić information content (AvgIpc) is 2.77. The highest BCUT2D eigenvalue weighted by molar-refractivity contribution is 5.78. The Labute approximate surface area is 114 Å². The molecule has 0 aliphatic carbocycles. The highest BCUT2D eigenvalue weighted by Gasteiger charge is 2.17. The monoisotopic (exact) mass is 264 g/mol. The average molecular weight is 264 g/mol. The SMILES string of the molecule is CCc1nc(C)c(CN=C(N)N2CCC(C)CC2)o1. The van der Waals surface area contributed by atoms with E-state index in [4.69, 9.17) is 10.2 Å². The quantitative estimate of drug-likeness (QED) is 0.670. The van der Waals surface area contributed by atoms with Crippen molar-refractivity contribution in [1.29, 1.82) is 0 Å². The van der Waals surface area contributed by atoms with E-state index in [9.17, 15) is 0 Å². The number of piperidine rings is 1. The molecule has 2 N–H and O–H groups in total. The first-order valence-corrected chi connectivity index (χ1v) is 7.10. The van der Waals surface area contributed by atoms with E-state index < -0.39 is 0 Å². The molecule has 1 aliphatic rings. The summed E-state index contributed by atoms with van der Waals surface area (Å²) < 4.78 is 5.63. The number of rotatable bonds is 3. The van der Waals surface area contributed by atoms with Crippen LogP contribution in [-0.4, -0.2) is 28.9 Å². The number of hydrogen-bond acceptors (Lipinski definition) is 3. The number of hydrogen-bond donors (Lipinski definition) is 1. The van der Waals surface area contributed by atoms with Gasteiger partial charge in [0, 0.05) is 19.5 Å². The summed E-state index contributed by atoms with van der Waals surface area (Å²) in [6.45, 7) is 8.76. The van der Waals surface area contributed by atoms with Crippen LogP contribution in [-0.2, 0) is 13.0 Å². The van der Waals surface area contributed by atoms with Crippen LogP contribution >= 0.6 is 0 Å². The second kappa shape index (κ2) is 6.08. The summed E-state index contributed by atoms with van der Waals surface area (Å²) in [4.78, 5) is 10.9. The number of nitrogens with zero attached hydrogens (tertiary/aromatic N) is 3. The third-order valence-electron chi connectivity index (χ3n) is 3.73. The summed E-state index contributed by atoms with van der Waals surface area (Å²) >= 11 is 0. The molecule has 2 heterocycles. The molecule has 0 unspecified atom stereocenters. The van der Waals surface area contributed by atoms with Gasteiger partial charge in [0.15, 0.2) is 11.9 Å². The molecule has 1 aromatic heterocycles. The summed E-state index contributed by atoms with van der Waals surface area (Å²) in [5, 5.41) is 0. The fourth-order valence-corrected chi connectivity index (χ4v) is 2.28. The van der Waals surface area contributed by atoms with Crippen LogP contribution < -0.4 is 5.73 Å². The minimum atomic E-state index is 0.483. The molecule has 0 amide bonds. The van der Waals surface area contributed by atoms with Crippen LogP contribution in [0, 0.1) is 12.8 Å². The minimum Gasteiger partial charge on any atom is -0.443 e. The number of aryl methyl sites for hydroxylation is 2. The Hall–Kier alpha value is -1.52. The second-order valence-corrected chi connectivity index (χ2v) is 5.31. The van der Waals surface area contributed by atoms with Gasteiger partial charge >= 0.3 is 0 Å². The van der Waals surface area contributed by atoms with Crippen molar-refractivity contribution in [3.8, 4) is 0 Å². The molecule has 0 saturated carbocycles. The number of oxazole rings is 1. The largest absolute Gasteiger partial charge is 0.443 e. The summed E-state index contributed by atoms with van der Waals surface area (Å²) in [6.07, 6.45) is 3.19. The van der Waals surface area contributed by atoms with Crippen LogP contribution in [0.2, 0.25) is 0 Å². The fraction of sp³-hybridized carbons (Fsp3) is 0.714. The zero-order valence-corrected chi connectivity index (χ0v) is 12.1. The predicted molar refractivity (Wildman–Crippen MR) is 75.9 cm³/mol. The van der Waals surface area contributed by atoms with E-state index in [1.807, 2.05) is 13.8 Å². The van der Waals surface area contributed by atoms with Crippen LogP contribution in [0.5, 0.6) is 0 Å². The molecular weight excluding hydrogens is 240 g/mol. The first-order chi connectivity index (χ1) is 9.10. The number of nitrogens with two attached hydrogens (primary N) is 1. The third-order valence-corrected chi connectivity index (χ3v) is 3.73. The lowest BCUT2D eigenvalue weighted by molar-refractivity contribution is 0.277. The summed E-state index contributed by atoms with van der Waals surface area (Å²) in [7, 11) is 0. The van der Waals surface area contributed by atoms with Gasteiger partial charge in [0.25, 0.3) is 0 Å². The number of guanidine groups is 1. The van der Waals surface area contributed by atoms with Gasteiger partial charge in [-0.15, -0.1) is 0 Å². The van der Waals surface area contributed by atoms with E-state index in [0.29, 0.717) is 12.5 Å². The normalized spacial score (nSPS) is 18.1. The number of likely N-dealkylation sites (tertiary alicyclic amines) is 1. The lowest BCUT2D eigenvalue weighted by Gasteiger charge is -2.30. The summed E-state index contributed by atoms with van der Waals surface area (Å²) in [5.74, 6) is 3.02. The Balaban J connectivity index is 1.95. The Bertz CT molecular complexity index is 444. The minimum absolute atomic E-state index is 0.483. The van der Waals surface area contributed by atoms with Crippen molar-refractivity contribution in [3.05, 3.63) is 17.3 Å². The van der Waals surface area contributed by atoms with E-state index in [2.05, 4.69) is 21.8 Å². The molecule has 19 heavy (non-hydrogen) atoms. The van der Waals surface area contributed by atoms with Crippen molar-refractivity contribution in [1.82, 2.24) is 9.88 Å².